The number of nitrogens with zero attached hydrogens (tertiary/aromatic N) is 6. The molecule has 2 aromatic carbocycles. The predicted octanol–water partition coefficient (Wildman–Crippen LogP) is 9.10. The Morgan fingerprint density at radius 3 is 1.02 bits per heavy atom. The van der Waals surface area contributed by atoms with Crippen molar-refractivity contribution in [2.75, 3.05) is 52.9 Å². The van der Waals surface area contributed by atoms with Gasteiger partial charge >= 0.3 is 0 Å². The third-order valence-electron chi connectivity index (χ3n) is 9.55. The Labute approximate surface area is 360 Å². The van der Waals surface area contributed by atoms with E-state index in [1.165, 1.54) is 0 Å². The first-order valence-corrected chi connectivity index (χ1v) is 20.5. The summed E-state index contributed by atoms with van der Waals surface area (Å²) >= 11 is 0. The van der Waals surface area contributed by atoms with E-state index >= 15 is 0 Å². The highest BCUT2D eigenvalue weighted by atomic mass is 16.5. The summed E-state index contributed by atoms with van der Waals surface area (Å²) in [6.07, 6.45) is 6.99. The fourth-order valence-corrected chi connectivity index (χ4v) is 6.54. The van der Waals surface area contributed by atoms with E-state index in [1.54, 1.807) is 24.8 Å². The summed E-state index contributed by atoms with van der Waals surface area (Å²) in [6, 6.07) is 43.2. The molecule has 12 heteroatoms. The number of hydrogen-bond donors (Lipinski definition) is 0. The van der Waals surface area contributed by atoms with Crippen molar-refractivity contribution in [2.24, 2.45) is 0 Å². The Hall–Kier alpha value is -6.96. The second kappa shape index (κ2) is 22.0. The molecule has 6 heterocycles. The van der Waals surface area contributed by atoms with Gasteiger partial charge in [0.15, 0.2) is 0 Å². The minimum atomic E-state index is 0.378. The summed E-state index contributed by atoms with van der Waals surface area (Å²) in [5.41, 5.74) is 8.08. The first kappa shape index (κ1) is 41.8. The van der Waals surface area contributed by atoms with Gasteiger partial charge in [-0.2, -0.15) is 0 Å². The molecule has 8 rings (SSSR count). The van der Waals surface area contributed by atoms with Crippen LogP contribution in [-0.2, 0) is 32.2 Å². The molecule has 0 N–H and O–H groups in total. The zero-order valence-corrected chi connectivity index (χ0v) is 34.2. The molecule has 0 bridgehead atoms. The minimum Gasteiger partial charge on any atom is -0.491 e. The van der Waals surface area contributed by atoms with E-state index in [-0.39, 0.29) is 0 Å². The molecule has 0 saturated heterocycles. The lowest BCUT2D eigenvalue weighted by Gasteiger charge is -2.11. The fourth-order valence-electron chi connectivity index (χ4n) is 6.54. The average Bonchev–Trinajstić information content (AvgIpc) is 3.34. The van der Waals surface area contributed by atoms with Crippen LogP contribution in [0.1, 0.15) is 11.1 Å². The topological polar surface area (TPSA) is 133 Å². The smallest absolute Gasteiger partial charge is 0.123 e. The molecule has 0 aliphatic carbocycles. The third-order valence-corrected chi connectivity index (χ3v) is 9.55. The minimum absolute atomic E-state index is 0.378. The molecule has 0 unspecified atom stereocenters. The first-order chi connectivity index (χ1) is 30.7. The molecule has 0 fully saturated rings. The molecule has 62 heavy (non-hydrogen) atoms. The molecular formula is C50H46N6O6. The Morgan fingerprint density at radius 1 is 0.306 bits per heavy atom. The second-order valence-corrected chi connectivity index (χ2v) is 14.0. The molecule has 0 amide bonds. The van der Waals surface area contributed by atoms with Crippen LogP contribution in [0, 0.1) is 0 Å². The summed E-state index contributed by atoms with van der Waals surface area (Å²) in [6.45, 7) is 4.40. The molecule has 12 nitrogen and oxygen atoms in total. The molecule has 0 aliphatic rings. The molecular weight excluding hydrogens is 781 g/mol. The van der Waals surface area contributed by atoms with Crippen molar-refractivity contribution in [1.29, 1.82) is 0 Å². The highest BCUT2D eigenvalue weighted by molar-refractivity contribution is 5.83. The van der Waals surface area contributed by atoms with Gasteiger partial charge in [-0.3, -0.25) is 19.9 Å². The maximum absolute atomic E-state index is 6.06. The molecule has 0 atom stereocenters. The summed E-state index contributed by atoms with van der Waals surface area (Å²) in [5, 5.41) is 2.29. The molecule has 0 radical (unpaired) electrons. The summed E-state index contributed by atoms with van der Waals surface area (Å²) in [5.74, 6) is 1.35. The SMILES string of the molecule is c1ccc(-c2cc(OCCOCCOCc3ccc4ccc(COCCOCCOc5cc(-c6ccccn6)nc(-c6ccccn6)c5)cc4c3)cc(-c3ccccn3)n2)nc1. The van der Waals surface area contributed by atoms with Gasteiger partial charge in [0.05, 0.1) is 98.4 Å². The number of benzene rings is 2. The number of pyridine rings is 6. The van der Waals surface area contributed by atoms with Crippen LogP contribution in [-0.4, -0.2) is 82.8 Å². The number of rotatable bonds is 22. The van der Waals surface area contributed by atoms with Gasteiger partial charge in [-0.1, -0.05) is 48.5 Å². The van der Waals surface area contributed by atoms with Crippen molar-refractivity contribution in [2.45, 2.75) is 13.2 Å². The van der Waals surface area contributed by atoms with E-state index in [9.17, 15) is 0 Å². The molecule has 312 valence electrons. The van der Waals surface area contributed by atoms with E-state index in [1.807, 2.05) is 97.1 Å². The maximum Gasteiger partial charge on any atom is 0.123 e. The lowest BCUT2D eigenvalue weighted by molar-refractivity contribution is 0.0303. The van der Waals surface area contributed by atoms with Crippen LogP contribution in [0.25, 0.3) is 56.3 Å². The van der Waals surface area contributed by atoms with E-state index < -0.39 is 0 Å². The van der Waals surface area contributed by atoms with Gasteiger partial charge in [0.2, 0.25) is 0 Å². The molecule has 0 saturated carbocycles. The summed E-state index contributed by atoms with van der Waals surface area (Å²) < 4.78 is 35.6. The standard InChI is InChI=1S/C50H46N6O6/c1-5-17-51-43(9-1)47-31-41(32-48(55-47)44-10-2-6-18-52-44)61-27-25-57-21-23-59-35-37-13-15-39-16-14-38(30-40(39)29-37)36-60-24-22-58-26-28-62-42-33-49(45-11-3-7-19-53-45)56-50(34-42)46-12-4-8-20-54-46/h1-20,29-34H,21-28,35-36H2. The van der Waals surface area contributed by atoms with Crippen LogP contribution in [0.15, 0.2) is 158 Å². The van der Waals surface area contributed by atoms with Crippen LogP contribution < -0.4 is 9.47 Å². The van der Waals surface area contributed by atoms with Gasteiger partial charge in [-0.05, 0) is 82.6 Å². The van der Waals surface area contributed by atoms with Crippen LogP contribution in [0.3, 0.4) is 0 Å². The van der Waals surface area contributed by atoms with Crippen molar-refractivity contribution < 1.29 is 28.4 Å². The van der Waals surface area contributed by atoms with E-state index in [4.69, 9.17) is 38.4 Å². The number of aromatic nitrogens is 6. The molecule has 0 aliphatic heterocycles. The fraction of sp³-hybridized carbons (Fsp3) is 0.200. The van der Waals surface area contributed by atoms with E-state index in [0.29, 0.717) is 100 Å². The van der Waals surface area contributed by atoms with Gasteiger partial charge in [0, 0.05) is 49.1 Å². The number of hydrogen-bond acceptors (Lipinski definition) is 12. The molecule has 8 aromatic rings. The summed E-state index contributed by atoms with van der Waals surface area (Å²) in [4.78, 5) is 27.4. The van der Waals surface area contributed by atoms with Crippen molar-refractivity contribution in [1.82, 2.24) is 29.9 Å². The average molecular weight is 827 g/mol. The van der Waals surface area contributed by atoms with Gasteiger partial charge in [-0.25, -0.2) is 9.97 Å². The zero-order chi connectivity index (χ0) is 42.0. The van der Waals surface area contributed by atoms with Crippen LogP contribution in [0.5, 0.6) is 11.5 Å². The zero-order valence-electron chi connectivity index (χ0n) is 34.2. The lowest BCUT2D eigenvalue weighted by atomic mass is 10.0. The lowest BCUT2D eigenvalue weighted by Crippen LogP contribution is -2.11. The van der Waals surface area contributed by atoms with Crippen LogP contribution in [0.2, 0.25) is 0 Å². The van der Waals surface area contributed by atoms with Crippen molar-refractivity contribution >= 4 is 10.8 Å². The van der Waals surface area contributed by atoms with Crippen molar-refractivity contribution in [3.05, 3.63) is 169 Å². The van der Waals surface area contributed by atoms with Gasteiger partial charge in [0.1, 0.15) is 24.7 Å². The van der Waals surface area contributed by atoms with Gasteiger partial charge in [0.25, 0.3) is 0 Å². The van der Waals surface area contributed by atoms with E-state index in [0.717, 1.165) is 44.7 Å². The van der Waals surface area contributed by atoms with Crippen molar-refractivity contribution in [3.8, 4) is 57.1 Å². The Kier molecular flexibility index (Phi) is 14.8. The normalized spacial score (nSPS) is 11.2. The highest BCUT2D eigenvalue weighted by Gasteiger charge is 2.12. The second-order valence-electron chi connectivity index (χ2n) is 14.0. The predicted molar refractivity (Wildman–Crippen MR) is 237 cm³/mol. The largest absolute Gasteiger partial charge is 0.491 e. The monoisotopic (exact) mass is 826 g/mol. The van der Waals surface area contributed by atoms with E-state index in [2.05, 4.69) is 56.3 Å². The first-order valence-electron chi connectivity index (χ1n) is 20.5. The Morgan fingerprint density at radius 2 is 0.661 bits per heavy atom. The maximum atomic E-state index is 6.06. The quantitative estimate of drug-likeness (QED) is 0.0604. The Bertz CT molecular complexity index is 2310. The van der Waals surface area contributed by atoms with Crippen LogP contribution in [0.4, 0.5) is 0 Å². The van der Waals surface area contributed by atoms with Gasteiger partial charge in [-0.15, -0.1) is 0 Å². The highest BCUT2D eigenvalue weighted by Crippen LogP contribution is 2.28. The molecule has 6 aromatic heterocycles. The number of ether oxygens (including phenoxy) is 6. The van der Waals surface area contributed by atoms with Gasteiger partial charge < -0.3 is 28.4 Å². The number of fused-ring (bicyclic) bond motifs is 1. The Balaban J connectivity index is 0.722. The third kappa shape index (κ3) is 12.1. The van der Waals surface area contributed by atoms with Crippen molar-refractivity contribution in [3.63, 3.8) is 0 Å². The summed E-state index contributed by atoms with van der Waals surface area (Å²) in [7, 11) is 0. The molecule has 0 spiro atoms. The van der Waals surface area contributed by atoms with Crippen LogP contribution >= 0.6 is 0 Å².